The van der Waals surface area contributed by atoms with Crippen molar-refractivity contribution in [1.29, 1.82) is 0 Å². The minimum atomic E-state index is -0.356. The smallest absolute Gasteiger partial charge is 0.287 e. The van der Waals surface area contributed by atoms with Crippen LogP contribution in [0.25, 0.3) is 11.0 Å². The Hall–Kier alpha value is -1.81. The Labute approximate surface area is 125 Å². The Bertz CT molecular complexity index is 654. The van der Waals surface area contributed by atoms with E-state index in [1.165, 1.54) is 0 Å². The van der Waals surface area contributed by atoms with Crippen molar-refractivity contribution >= 4 is 16.9 Å². The van der Waals surface area contributed by atoms with Gasteiger partial charge in [-0.2, -0.15) is 0 Å². The SMILES string of the molecule is CCC(N)(CC)CNC(=O)c1oc2c(C)cccc2c1C. The van der Waals surface area contributed by atoms with Crippen LogP contribution in [0.4, 0.5) is 0 Å². The highest BCUT2D eigenvalue weighted by Crippen LogP contribution is 2.27. The lowest BCUT2D eigenvalue weighted by Gasteiger charge is -2.26. The predicted octanol–water partition coefficient (Wildman–Crippen LogP) is 3.30. The van der Waals surface area contributed by atoms with E-state index in [1.54, 1.807) is 0 Å². The van der Waals surface area contributed by atoms with Crippen molar-refractivity contribution in [2.45, 2.75) is 46.1 Å². The molecule has 21 heavy (non-hydrogen) atoms. The fraction of sp³-hybridized carbons (Fsp3) is 0.471. The molecule has 0 atom stereocenters. The predicted molar refractivity (Wildman–Crippen MR) is 85.5 cm³/mol. The van der Waals surface area contributed by atoms with Crippen LogP contribution in [0, 0.1) is 13.8 Å². The summed E-state index contributed by atoms with van der Waals surface area (Å²) in [5.41, 5.74) is 8.55. The van der Waals surface area contributed by atoms with E-state index in [9.17, 15) is 4.79 Å². The highest BCUT2D eigenvalue weighted by Gasteiger charge is 2.24. The minimum Gasteiger partial charge on any atom is -0.450 e. The molecule has 114 valence electrons. The number of para-hydroxylation sites is 1. The van der Waals surface area contributed by atoms with E-state index in [0.717, 1.165) is 34.9 Å². The number of hydrogen-bond acceptors (Lipinski definition) is 3. The molecule has 0 aliphatic carbocycles. The van der Waals surface area contributed by atoms with Crippen molar-refractivity contribution in [3.63, 3.8) is 0 Å². The molecule has 1 aromatic carbocycles. The molecule has 3 N–H and O–H groups in total. The summed E-state index contributed by atoms with van der Waals surface area (Å²) >= 11 is 0. The molecular formula is C17H24N2O2. The van der Waals surface area contributed by atoms with Gasteiger partial charge in [0, 0.05) is 23.0 Å². The van der Waals surface area contributed by atoms with Crippen LogP contribution < -0.4 is 11.1 Å². The summed E-state index contributed by atoms with van der Waals surface area (Å²) in [6.45, 7) is 8.41. The van der Waals surface area contributed by atoms with Gasteiger partial charge in [-0.15, -0.1) is 0 Å². The van der Waals surface area contributed by atoms with Crippen LogP contribution in [0.1, 0.15) is 48.4 Å². The van der Waals surface area contributed by atoms with Gasteiger partial charge in [-0.1, -0.05) is 32.0 Å². The molecule has 1 aromatic heterocycles. The molecule has 4 nitrogen and oxygen atoms in total. The molecule has 0 aliphatic heterocycles. The number of fused-ring (bicyclic) bond motifs is 1. The lowest BCUT2D eigenvalue weighted by atomic mass is 9.94. The Morgan fingerprint density at radius 1 is 1.29 bits per heavy atom. The van der Waals surface area contributed by atoms with Gasteiger partial charge in [0.1, 0.15) is 5.58 Å². The number of nitrogens with two attached hydrogens (primary N) is 1. The van der Waals surface area contributed by atoms with Crippen molar-refractivity contribution in [1.82, 2.24) is 5.32 Å². The Balaban J connectivity index is 2.24. The number of aryl methyl sites for hydroxylation is 2. The van der Waals surface area contributed by atoms with Crippen molar-refractivity contribution in [2.75, 3.05) is 6.54 Å². The largest absolute Gasteiger partial charge is 0.450 e. The molecular weight excluding hydrogens is 264 g/mol. The number of nitrogens with one attached hydrogen (secondary N) is 1. The first-order chi connectivity index (χ1) is 9.91. The third kappa shape index (κ3) is 2.95. The standard InChI is InChI=1S/C17H24N2O2/c1-5-17(18,6-2)10-19-16(20)15-12(4)13-9-7-8-11(3)14(13)21-15/h7-9H,5-6,10,18H2,1-4H3,(H,19,20). The summed E-state index contributed by atoms with van der Waals surface area (Å²) in [4.78, 5) is 12.4. The molecule has 0 fully saturated rings. The van der Waals surface area contributed by atoms with Crippen molar-refractivity contribution < 1.29 is 9.21 Å². The van der Waals surface area contributed by atoms with E-state index in [0.29, 0.717) is 12.3 Å². The molecule has 0 saturated carbocycles. The molecule has 0 unspecified atom stereocenters. The average Bonchev–Trinajstić information content (AvgIpc) is 2.83. The molecule has 2 aromatic rings. The third-order valence-electron chi connectivity index (χ3n) is 4.38. The van der Waals surface area contributed by atoms with Crippen LogP contribution in [-0.2, 0) is 0 Å². The average molecular weight is 288 g/mol. The van der Waals surface area contributed by atoms with Gasteiger partial charge in [0.2, 0.25) is 0 Å². The van der Waals surface area contributed by atoms with Crippen LogP contribution in [0.2, 0.25) is 0 Å². The van der Waals surface area contributed by atoms with Crippen LogP contribution >= 0.6 is 0 Å². The quantitative estimate of drug-likeness (QED) is 0.887. The topological polar surface area (TPSA) is 68.3 Å². The Morgan fingerprint density at radius 3 is 2.52 bits per heavy atom. The first kappa shape index (κ1) is 15.6. The van der Waals surface area contributed by atoms with Gasteiger partial charge < -0.3 is 15.5 Å². The number of amides is 1. The van der Waals surface area contributed by atoms with Crippen LogP contribution in [0.3, 0.4) is 0 Å². The van der Waals surface area contributed by atoms with Gasteiger partial charge in [-0.05, 0) is 32.3 Å². The second kappa shape index (κ2) is 5.90. The molecule has 2 rings (SSSR count). The lowest BCUT2D eigenvalue weighted by Crippen LogP contribution is -2.49. The van der Waals surface area contributed by atoms with Crippen LogP contribution in [0.5, 0.6) is 0 Å². The van der Waals surface area contributed by atoms with Crippen molar-refractivity contribution in [3.8, 4) is 0 Å². The summed E-state index contributed by atoms with van der Waals surface area (Å²) in [7, 11) is 0. The fourth-order valence-electron chi connectivity index (χ4n) is 2.44. The van der Waals surface area contributed by atoms with E-state index >= 15 is 0 Å². The molecule has 0 saturated heterocycles. The second-order valence-corrected chi connectivity index (χ2v) is 5.76. The van der Waals surface area contributed by atoms with Crippen molar-refractivity contribution in [2.24, 2.45) is 5.73 Å². The summed E-state index contributed by atoms with van der Waals surface area (Å²) < 4.78 is 5.77. The highest BCUT2D eigenvalue weighted by molar-refractivity contribution is 5.99. The summed E-state index contributed by atoms with van der Waals surface area (Å²) in [6.07, 6.45) is 1.64. The normalized spacial score (nSPS) is 11.9. The molecule has 4 heteroatoms. The van der Waals surface area contributed by atoms with Crippen LogP contribution in [0.15, 0.2) is 22.6 Å². The number of rotatable bonds is 5. The van der Waals surface area contributed by atoms with Gasteiger partial charge >= 0.3 is 0 Å². The summed E-state index contributed by atoms with van der Waals surface area (Å²) in [6, 6.07) is 5.93. The first-order valence-corrected chi connectivity index (χ1v) is 7.47. The molecule has 0 bridgehead atoms. The van der Waals surface area contributed by atoms with Gasteiger partial charge in [0.25, 0.3) is 5.91 Å². The number of carbonyl (C=O) groups is 1. The number of carbonyl (C=O) groups excluding carboxylic acids is 1. The molecule has 0 aliphatic rings. The summed E-state index contributed by atoms with van der Waals surface area (Å²) in [5, 5.41) is 3.90. The maximum absolute atomic E-state index is 12.4. The van der Waals surface area contributed by atoms with E-state index in [1.807, 2.05) is 45.9 Å². The third-order valence-corrected chi connectivity index (χ3v) is 4.38. The second-order valence-electron chi connectivity index (χ2n) is 5.76. The maximum Gasteiger partial charge on any atom is 0.287 e. The molecule has 1 heterocycles. The van der Waals surface area contributed by atoms with E-state index < -0.39 is 0 Å². The highest BCUT2D eigenvalue weighted by atomic mass is 16.3. The van der Waals surface area contributed by atoms with Crippen LogP contribution in [-0.4, -0.2) is 18.0 Å². The zero-order chi connectivity index (χ0) is 15.6. The lowest BCUT2D eigenvalue weighted by molar-refractivity contribution is 0.0915. The van der Waals surface area contributed by atoms with Gasteiger partial charge in [0.05, 0.1) is 0 Å². The van der Waals surface area contributed by atoms with E-state index in [2.05, 4.69) is 5.32 Å². The molecule has 0 radical (unpaired) electrons. The number of hydrogen-bond donors (Lipinski definition) is 2. The van der Waals surface area contributed by atoms with E-state index in [4.69, 9.17) is 10.2 Å². The zero-order valence-corrected chi connectivity index (χ0v) is 13.2. The van der Waals surface area contributed by atoms with Crippen molar-refractivity contribution in [3.05, 3.63) is 35.1 Å². The number of furan rings is 1. The van der Waals surface area contributed by atoms with E-state index in [-0.39, 0.29) is 11.4 Å². The fourth-order valence-corrected chi connectivity index (χ4v) is 2.44. The minimum absolute atomic E-state index is 0.195. The monoisotopic (exact) mass is 288 g/mol. The molecule has 0 spiro atoms. The first-order valence-electron chi connectivity index (χ1n) is 7.47. The zero-order valence-electron chi connectivity index (χ0n) is 13.2. The molecule has 1 amide bonds. The van der Waals surface area contributed by atoms with Gasteiger partial charge in [0.15, 0.2) is 5.76 Å². The van der Waals surface area contributed by atoms with Gasteiger partial charge in [-0.25, -0.2) is 0 Å². The maximum atomic E-state index is 12.4. The Kier molecular flexibility index (Phi) is 4.37. The number of benzene rings is 1. The van der Waals surface area contributed by atoms with Gasteiger partial charge in [-0.3, -0.25) is 4.79 Å². The Morgan fingerprint density at radius 2 is 1.95 bits per heavy atom. The summed E-state index contributed by atoms with van der Waals surface area (Å²) in [5.74, 6) is 0.189.